The van der Waals surface area contributed by atoms with E-state index in [0.29, 0.717) is 6.42 Å². The molecule has 0 saturated heterocycles. The smallest absolute Gasteiger partial charge is 0.210 e. The first kappa shape index (κ1) is 12.5. The zero-order chi connectivity index (χ0) is 11.5. The molecule has 0 amide bonds. The van der Waals surface area contributed by atoms with Crippen LogP contribution in [0.4, 0.5) is 0 Å². The van der Waals surface area contributed by atoms with Gasteiger partial charge in [0.2, 0.25) is 11.9 Å². The molecule has 0 aliphatic carbocycles. The van der Waals surface area contributed by atoms with Gasteiger partial charge < -0.3 is 22.9 Å². The number of hydrogen-bond acceptors (Lipinski definition) is 6. The van der Waals surface area contributed by atoms with Gasteiger partial charge >= 0.3 is 0 Å². The van der Waals surface area contributed by atoms with Crippen molar-refractivity contribution >= 4 is 24.3 Å². The molecular weight excluding hydrogens is 200 g/mol. The molecule has 10 heteroatoms. The summed E-state index contributed by atoms with van der Waals surface area (Å²) in [7, 11) is 0. The summed E-state index contributed by atoms with van der Waals surface area (Å²) in [6, 6.07) is 0. The fourth-order valence-corrected chi connectivity index (χ4v) is 0.407. The Hall–Kier alpha value is -2.52. The summed E-state index contributed by atoms with van der Waals surface area (Å²) in [6.07, 6.45) is 3.44. The van der Waals surface area contributed by atoms with Gasteiger partial charge in [-0.2, -0.15) is 21.3 Å². The van der Waals surface area contributed by atoms with Gasteiger partial charge in [-0.15, -0.1) is 10.2 Å². The van der Waals surface area contributed by atoms with E-state index in [-0.39, 0.29) is 11.9 Å². The van der Waals surface area contributed by atoms with Crippen LogP contribution in [0.3, 0.4) is 0 Å². The topological polar surface area (TPSA) is 178 Å². The van der Waals surface area contributed by atoms with Crippen molar-refractivity contribution < 1.29 is 0 Å². The minimum atomic E-state index is -0.102. The summed E-state index contributed by atoms with van der Waals surface area (Å²) in [4.78, 5) is 0. The van der Waals surface area contributed by atoms with Gasteiger partial charge in [0.1, 0.15) is 0 Å². The molecule has 0 aromatic carbocycles. The number of hydrazone groups is 4. The molecule has 0 aromatic heterocycles. The Morgan fingerprint density at radius 3 is 1.60 bits per heavy atom. The normalized spacial score (nSPS) is 10.1. The average Bonchev–Trinajstić information content (AvgIpc) is 2.14. The third-order valence-electron chi connectivity index (χ3n) is 0.867. The second-order valence-electron chi connectivity index (χ2n) is 2.13. The van der Waals surface area contributed by atoms with Crippen molar-refractivity contribution in [2.24, 2.45) is 43.3 Å². The third kappa shape index (κ3) is 11.5. The van der Waals surface area contributed by atoms with Crippen molar-refractivity contribution in [3.63, 3.8) is 0 Å². The molecule has 0 spiro atoms. The van der Waals surface area contributed by atoms with Gasteiger partial charge in [-0.05, 0) is 0 Å². The highest BCUT2D eigenvalue weighted by Gasteiger charge is 1.76. The summed E-state index contributed by atoms with van der Waals surface area (Å²) in [5.41, 5.74) is 24.6. The Kier molecular flexibility index (Phi) is 6.74. The molecule has 0 atom stereocenters. The van der Waals surface area contributed by atoms with Crippen LogP contribution < -0.4 is 34.0 Å². The van der Waals surface area contributed by atoms with E-state index in [4.69, 9.17) is 22.9 Å². The first-order chi connectivity index (χ1) is 7.13. The highest BCUT2D eigenvalue weighted by Crippen LogP contribution is 1.68. The fraction of sp³-hybridized carbons (Fsp3) is 0.200. The molecule has 0 saturated carbocycles. The highest BCUT2D eigenvalue weighted by molar-refractivity contribution is 5.79. The van der Waals surface area contributed by atoms with E-state index in [1.54, 1.807) is 0 Å². The number of nitrogens with two attached hydrogens (primary N) is 4. The largest absolute Gasteiger partial charge is 0.369 e. The van der Waals surface area contributed by atoms with Gasteiger partial charge in [-0.25, -0.2) is 0 Å². The SMILES string of the molecule is NC(N)=NNN=CCC=NNN=C(N)N. The lowest BCUT2D eigenvalue weighted by atomic mass is 10.5. The number of nitrogens with one attached hydrogen (secondary N) is 2. The van der Waals surface area contributed by atoms with Crippen LogP contribution in [0.5, 0.6) is 0 Å². The molecule has 0 heterocycles. The second-order valence-corrected chi connectivity index (χ2v) is 2.13. The minimum absolute atomic E-state index is 0.102. The molecule has 10 nitrogen and oxygen atoms in total. The summed E-state index contributed by atoms with van der Waals surface area (Å²) in [5.74, 6) is -0.203. The number of nitrogens with zero attached hydrogens (tertiary/aromatic N) is 4. The summed E-state index contributed by atoms with van der Waals surface area (Å²) in [5, 5.41) is 14.0. The fourth-order valence-electron chi connectivity index (χ4n) is 0.407. The highest BCUT2D eigenvalue weighted by atomic mass is 15.5. The summed E-state index contributed by atoms with van der Waals surface area (Å²) >= 11 is 0. The van der Waals surface area contributed by atoms with Gasteiger partial charge in [-0.1, -0.05) is 0 Å². The average molecular weight is 214 g/mol. The van der Waals surface area contributed by atoms with Crippen LogP contribution in [-0.2, 0) is 0 Å². The van der Waals surface area contributed by atoms with E-state index >= 15 is 0 Å². The van der Waals surface area contributed by atoms with Gasteiger partial charge in [0, 0.05) is 18.9 Å². The lowest BCUT2D eigenvalue weighted by Gasteiger charge is -1.90. The molecule has 0 bridgehead atoms. The van der Waals surface area contributed by atoms with Crippen molar-refractivity contribution in [1.82, 2.24) is 11.1 Å². The molecule has 84 valence electrons. The van der Waals surface area contributed by atoms with E-state index in [1.165, 1.54) is 12.4 Å². The Balaban J connectivity index is 3.53. The standard InChI is InChI=1S/C5H14N10/c6-4(7)12-14-10-2-1-3-11-15-13-5(8)9/h2-3,14-15H,1H2,(H4,6,7,12)(H4,8,9,13). The van der Waals surface area contributed by atoms with Crippen molar-refractivity contribution in [2.45, 2.75) is 6.42 Å². The maximum Gasteiger partial charge on any atom is 0.210 e. The Labute approximate surface area is 86.1 Å². The zero-order valence-corrected chi connectivity index (χ0v) is 7.96. The zero-order valence-electron chi connectivity index (χ0n) is 7.96. The summed E-state index contributed by atoms with van der Waals surface area (Å²) < 4.78 is 0. The molecule has 0 aliphatic rings. The van der Waals surface area contributed by atoms with Crippen molar-refractivity contribution in [3.8, 4) is 0 Å². The first-order valence-corrected chi connectivity index (χ1v) is 3.83. The van der Waals surface area contributed by atoms with Crippen LogP contribution in [-0.4, -0.2) is 24.3 Å². The van der Waals surface area contributed by atoms with Crippen LogP contribution in [0.25, 0.3) is 0 Å². The van der Waals surface area contributed by atoms with E-state index in [9.17, 15) is 0 Å². The van der Waals surface area contributed by atoms with Crippen LogP contribution in [0.15, 0.2) is 20.4 Å². The molecule has 0 aromatic rings. The lowest BCUT2D eigenvalue weighted by Crippen LogP contribution is -2.25. The lowest BCUT2D eigenvalue weighted by molar-refractivity contribution is 0.801. The molecule has 0 unspecified atom stereocenters. The number of hydrogen-bond donors (Lipinski definition) is 6. The predicted octanol–water partition coefficient (Wildman–Crippen LogP) is -3.10. The molecule has 15 heavy (non-hydrogen) atoms. The van der Waals surface area contributed by atoms with Crippen LogP contribution in [0, 0.1) is 0 Å². The Bertz CT molecular complexity index is 240. The Morgan fingerprint density at radius 2 is 1.27 bits per heavy atom. The minimum Gasteiger partial charge on any atom is -0.369 e. The van der Waals surface area contributed by atoms with Crippen LogP contribution in [0.1, 0.15) is 6.42 Å². The number of rotatable bonds is 6. The van der Waals surface area contributed by atoms with Crippen molar-refractivity contribution in [1.29, 1.82) is 0 Å². The van der Waals surface area contributed by atoms with Gasteiger partial charge in [0.25, 0.3) is 0 Å². The molecule has 0 radical (unpaired) electrons. The molecule has 10 N–H and O–H groups in total. The van der Waals surface area contributed by atoms with Gasteiger partial charge in [0.15, 0.2) is 0 Å². The predicted molar refractivity (Wildman–Crippen MR) is 59.5 cm³/mol. The van der Waals surface area contributed by atoms with Crippen LogP contribution >= 0.6 is 0 Å². The van der Waals surface area contributed by atoms with Gasteiger partial charge in [0.05, 0.1) is 0 Å². The maximum atomic E-state index is 5.02. The summed E-state index contributed by atoms with van der Waals surface area (Å²) in [6.45, 7) is 0. The Morgan fingerprint density at radius 1 is 0.867 bits per heavy atom. The molecule has 0 rings (SSSR count). The number of guanidine groups is 2. The third-order valence-corrected chi connectivity index (χ3v) is 0.867. The van der Waals surface area contributed by atoms with Gasteiger partial charge in [-0.3, -0.25) is 0 Å². The van der Waals surface area contributed by atoms with E-state index in [2.05, 4.69) is 31.5 Å². The monoisotopic (exact) mass is 214 g/mol. The first-order valence-electron chi connectivity index (χ1n) is 3.83. The van der Waals surface area contributed by atoms with Crippen molar-refractivity contribution in [3.05, 3.63) is 0 Å². The second kappa shape index (κ2) is 8.10. The molecular formula is C5H14N10. The molecule has 0 fully saturated rings. The van der Waals surface area contributed by atoms with E-state index in [1.807, 2.05) is 0 Å². The van der Waals surface area contributed by atoms with Crippen LogP contribution in [0.2, 0.25) is 0 Å². The van der Waals surface area contributed by atoms with E-state index < -0.39 is 0 Å². The quantitative estimate of drug-likeness (QED) is 0.155. The van der Waals surface area contributed by atoms with E-state index in [0.717, 1.165) is 0 Å². The molecule has 0 aliphatic heterocycles. The maximum absolute atomic E-state index is 5.02. The van der Waals surface area contributed by atoms with Crippen molar-refractivity contribution in [2.75, 3.05) is 0 Å².